The van der Waals surface area contributed by atoms with Crippen molar-refractivity contribution < 1.29 is 4.79 Å². The molecule has 1 saturated carbocycles. The van der Waals surface area contributed by atoms with E-state index in [1.165, 1.54) is 0 Å². The van der Waals surface area contributed by atoms with Crippen LogP contribution in [0.5, 0.6) is 0 Å². The summed E-state index contributed by atoms with van der Waals surface area (Å²) in [6, 6.07) is 5.28. The van der Waals surface area contributed by atoms with Crippen molar-refractivity contribution in [3.8, 4) is 6.07 Å². The normalized spacial score (nSPS) is 16.1. The molecule has 1 amide bonds. The van der Waals surface area contributed by atoms with Crippen molar-refractivity contribution in [1.82, 2.24) is 0 Å². The molecule has 0 atom stereocenters. The van der Waals surface area contributed by atoms with Gasteiger partial charge in [0.25, 0.3) is 0 Å². The number of hydrogen-bond acceptors (Lipinski definition) is 2. The second kappa shape index (κ2) is 4.49. The van der Waals surface area contributed by atoms with Crippen LogP contribution in [-0.4, -0.2) is 5.91 Å². The Balaban J connectivity index is 2.26. The van der Waals surface area contributed by atoms with Crippen LogP contribution in [0.25, 0.3) is 0 Å². The smallest absolute Gasteiger partial charge is 0.244 e. The molecule has 17 heavy (non-hydrogen) atoms. The minimum Gasteiger partial charge on any atom is -0.322 e. The third-order valence-electron chi connectivity index (χ3n) is 2.64. The summed E-state index contributed by atoms with van der Waals surface area (Å²) in [5, 5.41) is 12.2. The standard InChI is InChI=1S/C11H7BrCl2N2O/c12-6-3-7(13)9(8(14)4-6)16-10(17)11(5-15)1-2-11/h3-4H,1-2H2,(H,16,17). The monoisotopic (exact) mass is 332 g/mol. The molecule has 1 fully saturated rings. The van der Waals surface area contributed by atoms with Gasteiger partial charge in [0, 0.05) is 4.47 Å². The topological polar surface area (TPSA) is 52.9 Å². The molecule has 0 bridgehead atoms. The first-order valence-corrected chi connectivity index (χ1v) is 6.41. The number of halogens is 3. The van der Waals surface area contributed by atoms with Gasteiger partial charge in [-0.05, 0) is 25.0 Å². The van der Waals surface area contributed by atoms with Crippen molar-refractivity contribution in [2.75, 3.05) is 5.32 Å². The minimum atomic E-state index is -0.889. The van der Waals surface area contributed by atoms with Gasteiger partial charge in [0.15, 0.2) is 0 Å². The zero-order valence-electron chi connectivity index (χ0n) is 8.56. The van der Waals surface area contributed by atoms with Crippen LogP contribution in [0.4, 0.5) is 5.69 Å². The lowest BCUT2D eigenvalue weighted by Crippen LogP contribution is -2.23. The molecule has 0 aromatic heterocycles. The fourth-order valence-corrected chi connectivity index (χ4v) is 2.71. The van der Waals surface area contributed by atoms with Gasteiger partial charge in [0.2, 0.25) is 5.91 Å². The minimum absolute atomic E-state index is 0.339. The third kappa shape index (κ3) is 2.42. The van der Waals surface area contributed by atoms with Gasteiger partial charge in [0.1, 0.15) is 5.41 Å². The second-order valence-corrected chi connectivity index (χ2v) is 5.62. The van der Waals surface area contributed by atoms with Gasteiger partial charge in [-0.15, -0.1) is 0 Å². The molecule has 1 aromatic carbocycles. The lowest BCUT2D eigenvalue weighted by Gasteiger charge is -2.11. The third-order valence-corrected chi connectivity index (χ3v) is 3.70. The van der Waals surface area contributed by atoms with Crippen LogP contribution in [0.15, 0.2) is 16.6 Å². The zero-order chi connectivity index (χ0) is 12.6. The number of anilines is 1. The molecule has 6 heteroatoms. The number of nitrogens with zero attached hydrogens (tertiary/aromatic N) is 1. The molecule has 3 nitrogen and oxygen atoms in total. The summed E-state index contributed by atoms with van der Waals surface area (Å²) in [6.45, 7) is 0. The summed E-state index contributed by atoms with van der Waals surface area (Å²) in [4.78, 5) is 11.9. The van der Waals surface area contributed by atoms with Crippen molar-refractivity contribution in [2.45, 2.75) is 12.8 Å². The molecular formula is C11H7BrCl2N2O. The van der Waals surface area contributed by atoms with Gasteiger partial charge in [-0.25, -0.2) is 0 Å². The number of nitriles is 1. The molecule has 1 aromatic rings. The van der Waals surface area contributed by atoms with Crippen molar-refractivity contribution in [1.29, 1.82) is 5.26 Å². The SMILES string of the molecule is N#CC1(C(=O)Nc2c(Cl)cc(Br)cc2Cl)CC1. The van der Waals surface area contributed by atoms with E-state index in [1.807, 2.05) is 6.07 Å². The van der Waals surface area contributed by atoms with Crippen LogP contribution in [0.3, 0.4) is 0 Å². The van der Waals surface area contributed by atoms with E-state index in [0.29, 0.717) is 28.6 Å². The first-order valence-electron chi connectivity index (χ1n) is 4.86. The Hall–Kier alpha value is -0.760. The molecule has 0 spiro atoms. The van der Waals surface area contributed by atoms with Gasteiger partial charge < -0.3 is 5.32 Å². The van der Waals surface area contributed by atoms with Crippen molar-refractivity contribution in [3.63, 3.8) is 0 Å². The highest BCUT2D eigenvalue weighted by Crippen LogP contribution is 2.46. The van der Waals surface area contributed by atoms with Crippen LogP contribution >= 0.6 is 39.1 Å². The van der Waals surface area contributed by atoms with Crippen LogP contribution in [0.2, 0.25) is 10.0 Å². The number of rotatable bonds is 2. The van der Waals surface area contributed by atoms with Crippen molar-refractivity contribution >= 4 is 50.7 Å². The maximum absolute atomic E-state index is 11.9. The summed E-state index contributed by atoms with van der Waals surface area (Å²) >= 11 is 15.2. The maximum atomic E-state index is 11.9. The largest absolute Gasteiger partial charge is 0.322 e. The molecule has 1 N–H and O–H groups in total. The Labute approximate surface area is 117 Å². The Kier molecular flexibility index (Phi) is 3.35. The molecule has 0 aliphatic heterocycles. The number of nitrogens with one attached hydrogen (secondary N) is 1. The van der Waals surface area contributed by atoms with E-state index < -0.39 is 5.41 Å². The lowest BCUT2D eigenvalue weighted by atomic mass is 10.1. The highest BCUT2D eigenvalue weighted by Gasteiger charge is 2.50. The summed E-state index contributed by atoms with van der Waals surface area (Å²) in [5.74, 6) is -0.342. The quantitative estimate of drug-likeness (QED) is 0.889. The molecule has 0 saturated heterocycles. The predicted octanol–water partition coefficient (Wildman–Crippen LogP) is 4.00. The lowest BCUT2D eigenvalue weighted by molar-refractivity contribution is -0.119. The molecule has 1 aliphatic carbocycles. The van der Waals surface area contributed by atoms with E-state index in [1.54, 1.807) is 12.1 Å². The number of carbonyl (C=O) groups is 1. The van der Waals surface area contributed by atoms with Gasteiger partial charge >= 0.3 is 0 Å². The average molecular weight is 334 g/mol. The van der Waals surface area contributed by atoms with E-state index in [9.17, 15) is 4.79 Å². The van der Waals surface area contributed by atoms with E-state index >= 15 is 0 Å². The fourth-order valence-electron chi connectivity index (χ4n) is 1.41. The number of carbonyl (C=O) groups excluding carboxylic acids is 1. The highest BCUT2D eigenvalue weighted by atomic mass is 79.9. The molecule has 0 radical (unpaired) electrons. The Bertz CT molecular complexity index is 512. The van der Waals surface area contributed by atoms with E-state index in [-0.39, 0.29) is 5.91 Å². The molecule has 0 heterocycles. The summed E-state index contributed by atoms with van der Waals surface area (Å²) in [5.41, 5.74) is -0.539. The van der Waals surface area contributed by atoms with Gasteiger partial charge in [-0.2, -0.15) is 5.26 Å². The van der Waals surface area contributed by atoms with Crippen molar-refractivity contribution in [3.05, 3.63) is 26.7 Å². The summed E-state index contributed by atoms with van der Waals surface area (Å²) < 4.78 is 0.729. The maximum Gasteiger partial charge on any atom is 0.244 e. The van der Waals surface area contributed by atoms with Gasteiger partial charge in [-0.3, -0.25) is 4.79 Å². The van der Waals surface area contributed by atoms with E-state index in [2.05, 4.69) is 21.2 Å². The first-order chi connectivity index (χ1) is 7.98. The van der Waals surface area contributed by atoms with Gasteiger partial charge in [-0.1, -0.05) is 39.1 Å². The predicted molar refractivity (Wildman–Crippen MR) is 70.1 cm³/mol. The molecular weight excluding hydrogens is 327 g/mol. The fraction of sp³-hybridized carbons (Fsp3) is 0.273. The molecule has 0 unspecified atom stereocenters. The van der Waals surface area contributed by atoms with Crippen molar-refractivity contribution in [2.24, 2.45) is 5.41 Å². The Morgan fingerprint density at radius 2 is 1.94 bits per heavy atom. The van der Waals surface area contributed by atoms with Gasteiger partial charge in [0.05, 0.1) is 21.8 Å². The van der Waals surface area contributed by atoms with Crippen LogP contribution in [0, 0.1) is 16.7 Å². The van der Waals surface area contributed by atoms with E-state index in [0.717, 1.165) is 4.47 Å². The number of benzene rings is 1. The van der Waals surface area contributed by atoms with E-state index in [4.69, 9.17) is 28.5 Å². The second-order valence-electron chi connectivity index (χ2n) is 3.89. The first kappa shape index (κ1) is 12.7. The van der Waals surface area contributed by atoms with Crippen LogP contribution in [-0.2, 0) is 4.79 Å². The molecule has 88 valence electrons. The van der Waals surface area contributed by atoms with Crippen LogP contribution < -0.4 is 5.32 Å². The summed E-state index contributed by atoms with van der Waals surface area (Å²) in [7, 11) is 0. The summed E-state index contributed by atoms with van der Waals surface area (Å²) in [6.07, 6.45) is 1.17. The van der Waals surface area contributed by atoms with Crippen LogP contribution in [0.1, 0.15) is 12.8 Å². The highest BCUT2D eigenvalue weighted by molar-refractivity contribution is 9.10. The zero-order valence-corrected chi connectivity index (χ0v) is 11.7. The average Bonchev–Trinajstić information content (AvgIpc) is 3.03. The number of hydrogen-bond donors (Lipinski definition) is 1. The Morgan fingerprint density at radius 3 is 2.35 bits per heavy atom. The molecule has 1 aliphatic rings. The number of amides is 1. The Morgan fingerprint density at radius 1 is 1.41 bits per heavy atom. The molecule has 2 rings (SSSR count).